The van der Waals surface area contributed by atoms with Crippen molar-refractivity contribution in [1.29, 1.82) is 0 Å². The van der Waals surface area contributed by atoms with Gasteiger partial charge in [-0.3, -0.25) is 4.72 Å². The highest BCUT2D eigenvalue weighted by atomic mass is 32.2. The minimum Gasteiger partial charge on any atom is -0.497 e. The number of rotatable bonds is 4. The molecule has 18 heavy (non-hydrogen) atoms. The third kappa shape index (κ3) is 2.80. The van der Waals surface area contributed by atoms with E-state index in [1.807, 2.05) is 0 Å². The number of nitrogens with one attached hydrogen (secondary N) is 1. The Morgan fingerprint density at radius 2 is 2.17 bits per heavy atom. The number of hydrogen-bond acceptors (Lipinski definition) is 5. The molecule has 1 N–H and O–H groups in total. The zero-order valence-corrected chi connectivity index (χ0v) is 11.5. The Kier molecular flexibility index (Phi) is 3.53. The van der Waals surface area contributed by atoms with E-state index < -0.39 is 10.0 Å². The molecule has 0 saturated heterocycles. The monoisotopic (exact) mass is 284 g/mol. The molecule has 0 aliphatic heterocycles. The summed E-state index contributed by atoms with van der Waals surface area (Å²) in [5, 5.41) is 2.14. The first kappa shape index (κ1) is 12.8. The summed E-state index contributed by atoms with van der Waals surface area (Å²) < 4.78 is 31.6. The highest BCUT2D eigenvalue weighted by Gasteiger charge is 2.16. The van der Waals surface area contributed by atoms with Gasteiger partial charge in [-0.25, -0.2) is 13.4 Å². The predicted octanol–water partition coefficient (Wildman–Crippen LogP) is 2.26. The van der Waals surface area contributed by atoms with E-state index >= 15 is 0 Å². The van der Waals surface area contributed by atoms with E-state index in [1.165, 1.54) is 30.6 Å². The molecule has 0 spiro atoms. The number of ether oxygens (including phenoxy) is 1. The van der Waals surface area contributed by atoms with Crippen LogP contribution in [0.15, 0.2) is 34.5 Å². The second-order valence-corrected chi connectivity index (χ2v) is 6.12. The largest absolute Gasteiger partial charge is 0.497 e. The van der Waals surface area contributed by atoms with Crippen molar-refractivity contribution in [1.82, 2.24) is 4.98 Å². The third-order valence-corrected chi connectivity index (χ3v) is 4.53. The van der Waals surface area contributed by atoms with Crippen LogP contribution in [0.5, 0.6) is 5.75 Å². The van der Waals surface area contributed by atoms with Crippen LogP contribution >= 0.6 is 11.3 Å². The van der Waals surface area contributed by atoms with Crippen LogP contribution < -0.4 is 9.46 Å². The number of benzene rings is 1. The second-order valence-electron chi connectivity index (χ2n) is 3.58. The molecule has 7 heteroatoms. The van der Waals surface area contributed by atoms with Gasteiger partial charge in [0, 0.05) is 11.4 Å². The quantitative estimate of drug-likeness (QED) is 0.935. The van der Waals surface area contributed by atoms with Crippen molar-refractivity contribution in [2.75, 3.05) is 11.8 Å². The Balaban J connectivity index is 2.30. The predicted molar refractivity (Wildman–Crippen MR) is 70.7 cm³/mol. The van der Waals surface area contributed by atoms with Crippen molar-refractivity contribution in [2.45, 2.75) is 11.8 Å². The van der Waals surface area contributed by atoms with Crippen LogP contribution in [0.3, 0.4) is 0 Å². The number of nitrogens with zero attached hydrogens (tertiary/aromatic N) is 1. The SMILES string of the molecule is COc1cccc(S(=O)(=O)Nc2nc(C)cs2)c1. The average molecular weight is 284 g/mol. The van der Waals surface area contributed by atoms with Crippen molar-refractivity contribution >= 4 is 26.5 Å². The summed E-state index contributed by atoms with van der Waals surface area (Å²) in [4.78, 5) is 4.21. The molecule has 5 nitrogen and oxygen atoms in total. The third-order valence-electron chi connectivity index (χ3n) is 2.19. The summed E-state index contributed by atoms with van der Waals surface area (Å²) in [5.74, 6) is 0.494. The fourth-order valence-electron chi connectivity index (χ4n) is 1.34. The van der Waals surface area contributed by atoms with Crippen molar-refractivity contribution in [2.24, 2.45) is 0 Å². The average Bonchev–Trinajstić information content (AvgIpc) is 2.74. The van der Waals surface area contributed by atoms with Gasteiger partial charge in [-0.15, -0.1) is 11.3 Å². The van der Waals surface area contributed by atoms with E-state index in [-0.39, 0.29) is 4.90 Å². The molecule has 96 valence electrons. The molecule has 0 radical (unpaired) electrons. The van der Waals surface area contributed by atoms with Crippen LogP contribution in [-0.4, -0.2) is 20.5 Å². The Morgan fingerprint density at radius 1 is 1.39 bits per heavy atom. The van der Waals surface area contributed by atoms with Gasteiger partial charge in [0.1, 0.15) is 5.75 Å². The molecule has 0 amide bonds. The first-order valence-corrected chi connectivity index (χ1v) is 7.46. The first-order valence-electron chi connectivity index (χ1n) is 5.10. The van der Waals surface area contributed by atoms with Gasteiger partial charge < -0.3 is 4.74 Å². The highest BCUT2D eigenvalue weighted by Crippen LogP contribution is 2.22. The van der Waals surface area contributed by atoms with Gasteiger partial charge in [0.05, 0.1) is 17.7 Å². The summed E-state index contributed by atoms with van der Waals surface area (Å²) in [6.45, 7) is 1.81. The van der Waals surface area contributed by atoms with Crippen molar-refractivity contribution < 1.29 is 13.2 Å². The number of anilines is 1. The molecular weight excluding hydrogens is 272 g/mol. The van der Waals surface area contributed by atoms with Crippen molar-refractivity contribution in [3.63, 3.8) is 0 Å². The van der Waals surface area contributed by atoms with E-state index in [0.717, 1.165) is 5.69 Å². The number of aromatic nitrogens is 1. The Morgan fingerprint density at radius 3 is 2.78 bits per heavy atom. The van der Waals surface area contributed by atoms with Crippen molar-refractivity contribution in [3.05, 3.63) is 35.3 Å². The summed E-state index contributed by atoms with van der Waals surface area (Å²) >= 11 is 1.25. The molecule has 1 heterocycles. The molecule has 1 aromatic heterocycles. The summed E-state index contributed by atoms with van der Waals surface area (Å²) in [6.07, 6.45) is 0. The highest BCUT2D eigenvalue weighted by molar-refractivity contribution is 7.93. The molecule has 0 aliphatic rings. The fraction of sp³-hybridized carbons (Fsp3) is 0.182. The number of sulfonamides is 1. The van der Waals surface area contributed by atoms with E-state index in [1.54, 1.807) is 24.4 Å². The van der Waals surface area contributed by atoms with Gasteiger partial charge in [0.25, 0.3) is 10.0 Å². The lowest BCUT2D eigenvalue weighted by atomic mass is 10.3. The molecule has 0 bridgehead atoms. The minimum atomic E-state index is -3.61. The van der Waals surface area contributed by atoms with Crippen LogP contribution in [0.2, 0.25) is 0 Å². The van der Waals surface area contributed by atoms with Crippen LogP contribution in [0.4, 0.5) is 5.13 Å². The first-order chi connectivity index (χ1) is 8.51. The zero-order valence-electron chi connectivity index (χ0n) is 9.88. The molecule has 2 aromatic rings. The van der Waals surface area contributed by atoms with Gasteiger partial charge in [-0.1, -0.05) is 6.07 Å². The number of thiazole rings is 1. The van der Waals surface area contributed by atoms with Crippen LogP contribution in [0.25, 0.3) is 0 Å². The minimum absolute atomic E-state index is 0.148. The lowest BCUT2D eigenvalue weighted by Gasteiger charge is -2.06. The summed E-state index contributed by atoms with van der Waals surface area (Å²) in [7, 11) is -2.13. The Bertz CT molecular complexity index is 650. The maximum absolute atomic E-state index is 12.1. The molecule has 0 saturated carbocycles. The van der Waals surface area contributed by atoms with Crippen LogP contribution in [-0.2, 0) is 10.0 Å². The molecule has 0 aliphatic carbocycles. The Hall–Kier alpha value is -1.60. The number of aryl methyl sites for hydroxylation is 1. The van der Waals surface area contributed by atoms with Gasteiger partial charge >= 0.3 is 0 Å². The topological polar surface area (TPSA) is 68.3 Å². The molecular formula is C11H12N2O3S2. The van der Waals surface area contributed by atoms with Gasteiger partial charge in [0.2, 0.25) is 0 Å². The summed E-state index contributed by atoms with van der Waals surface area (Å²) in [6, 6.07) is 6.28. The standard InChI is InChI=1S/C11H12N2O3S2/c1-8-7-17-11(12-8)13-18(14,15)10-5-3-4-9(6-10)16-2/h3-7H,1-2H3,(H,12,13). The van der Waals surface area contributed by atoms with E-state index in [0.29, 0.717) is 10.9 Å². The fourth-order valence-corrected chi connectivity index (χ4v) is 3.32. The molecule has 2 rings (SSSR count). The number of methoxy groups -OCH3 is 1. The molecule has 0 unspecified atom stereocenters. The van der Waals surface area contributed by atoms with Gasteiger partial charge in [-0.2, -0.15) is 0 Å². The molecule has 0 fully saturated rings. The summed E-state index contributed by atoms with van der Waals surface area (Å²) in [5.41, 5.74) is 0.781. The van der Waals surface area contributed by atoms with E-state index in [4.69, 9.17) is 4.74 Å². The van der Waals surface area contributed by atoms with Gasteiger partial charge in [-0.05, 0) is 19.1 Å². The van der Waals surface area contributed by atoms with Gasteiger partial charge in [0.15, 0.2) is 5.13 Å². The lowest BCUT2D eigenvalue weighted by molar-refractivity contribution is 0.413. The van der Waals surface area contributed by atoms with Crippen LogP contribution in [0.1, 0.15) is 5.69 Å². The Labute approximate surface area is 110 Å². The maximum atomic E-state index is 12.1. The van der Waals surface area contributed by atoms with Crippen molar-refractivity contribution in [3.8, 4) is 5.75 Å². The second kappa shape index (κ2) is 4.95. The maximum Gasteiger partial charge on any atom is 0.263 e. The molecule has 0 atom stereocenters. The lowest BCUT2D eigenvalue weighted by Crippen LogP contribution is -2.12. The van der Waals surface area contributed by atoms with E-state index in [2.05, 4.69) is 9.71 Å². The van der Waals surface area contributed by atoms with Crippen LogP contribution in [0, 0.1) is 6.92 Å². The van der Waals surface area contributed by atoms with E-state index in [9.17, 15) is 8.42 Å². The smallest absolute Gasteiger partial charge is 0.263 e. The normalized spacial score (nSPS) is 11.2. The zero-order chi connectivity index (χ0) is 13.2. The molecule has 1 aromatic carbocycles. The number of hydrogen-bond donors (Lipinski definition) is 1.